The van der Waals surface area contributed by atoms with E-state index in [9.17, 15) is 14.9 Å². The maximum atomic E-state index is 11.9. The van der Waals surface area contributed by atoms with Crippen molar-refractivity contribution in [3.05, 3.63) is 53.2 Å². The van der Waals surface area contributed by atoms with Gasteiger partial charge in [-0.3, -0.25) is 14.9 Å². The molecule has 98 valence electrons. The normalized spacial score (nSPS) is 10.2. The number of nitrogens with zero attached hydrogens (tertiary/aromatic N) is 1. The molecule has 0 fully saturated rings. The van der Waals surface area contributed by atoms with Crippen LogP contribution in [0.25, 0.3) is 0 Å². The molecule has 1 aromatic heterocycles. The Morgan fingerprint density at radius 1 is 1.42 bits per heavy atom. The Labute approximate surface area is 130 Å². The zero-order chi connectivity index (χ0) is 14.0. The molecule has 0 saturated heterocycles. The number of carbonyl (C=O) groups is 1. The predicted octanol–water partition coefficient (Wildman–Crippen LogP) is 4.17. The highest BCUT2D eigenvalue weighted by molar-refractivity contribution is 14.1. The van der Waals surface area contributed by atoms with Gasteiger partial charge in [-0.1, -0.05) is 11.6 Å². The molecule has 0 bridgehead atoms. The zero-order valence-corrected chi connectivity index (χ0v) is 13.0. The minimum Gasteiger partial charge on any atom is -0.316 e. The summed E-state index contributed by atoms with van der Waals surface area (Å²) in [7, 11) is 0. The first-order valence-electron chi connectivity index (χ1n) is 4.96. The lowest BCUT2D eigenvalue weighted by Crippen LogP contribution is -2.12. The van der Waals surface area contributed by atoms with E-state index in [2.05, 4.69) is 27.9 Å². The number of amides is 1. The first-order chi connectivity index (χ1) is 8.97. The third kappa shape index (κ3) is 3.43. The van der Waals surface area contributed by atoms with Crippen LogP contribution in [0.1, 0.15) is 10.4 Å². The van der Waals surface area contributed by atoms with E-state index in [4.69, 9.17) is 11.6 Å². The average molecular weight is 409 g/mol. The van der Waals surface area contributed by atoms with Crippen molar-refractivity contribution < 1.29 is 9.72 Å². The van der Waals surface area contributed by atoms with Crippen LogP contribution in [0.15, 0.2) is 29.6 Å². The van der Waals surface area contributed by atoms with E-state index in [-0.39, 0.29) is 11.4 Å². The molecule has 0 unspecified atom stereocenters. The van der Waals surface area contributed by atoms with Crippen molar-refractivity contribution in [2.24, 2.45) is 0 Å². The predicted molar refractivity (Wildman–Crippen MR) is 83.1 cm³/mol. The van der Waals surface area contributed by atoms with Gasteiger partial charge in [0.25, 0.3) is 11.6 Å². The van der Waals surface area contributed by atoms with Gasteiger partial charge in [-0.25, -0.2) is 0 Å². The van der Waals surface area contributed by atoms with Crippen LogP contribution in [0.5, 0.6) is 0 Å². The topological polar surface area (TPSA) is 72.2 Å². The maximum Gasteiger partial charge on any atom is 0.292 e. The largest absolute Gasteiger partial charge is 0.316 e. The number of nitro benzene ring substituents is 1. The average Bonchev–Trinajstić information content (AvgIpc) is 2.75. The monoisotopic (exact) mass is 408 g/mol. The van der Waals surface area contributed by atoms with Crippen molar-refractivity contribution in [2.45, 2.75) is 0 Å². The first kappa shape index (κ1) is 14.2. The number of nitrogens with one attached hydrogen (secondary N) is 1. The second-order valence-corrected chi connectivity index (χ2v) is 6.75. The highest BCUT2D eigenvalue weighted by Crippen LogP contribution is 2.28. The molecule has 1 N–H and O–H groups in total. The van der Waals surface area contributed by atoms with Crippen LogP contribution < -0.4 is 5.32 Å². The molecule has 0 atom stereocenters. The Morgan fingerprint density at radius 2 is 2.16 bits per heavy atom. The third-order valence-electron chi connectivity index (χ3n) is 2.23. The van der Waals surface area contributed by atoms with Gasteiger partial charge in [0.1, 0.15) is 5.69 Å². The highest BCUT2D eigenvalue weighted by atomic mass is 127. The summed E-state index contributed by atoms with van der Waals surface area (Å²) >= 11 is 9.30. The van der Waals surface area contributed by atoms with Gasteiger partial charge in [0.15, 0.2) is 0 Å². The molecule has 0 saturated carbocycles. The van der Waals surface area contributed by atoms with Crippen LogP contribution in [0.3, 0.4) is 0 Å². The summed E-state index contributed by atoms with van der Waals surface area (Å²) < 4.78 is 0.961. The van der Waals surface area contributed by atoms with Crippen LogP contribution in [-0.2, 0) is 0 Å². The fourth-order valence-corrected chi connectivity index (χ4v) is 2.89. The van der Waals surface area contributed by atoms with Crippen LogP contribution >= 0.6 is 45.5 Å². The summed E-state index contributed by atoms with van der Waals surface area (Å²) in [5, 5.41) is 15.4. The van der Waals surface area contributed by atoms with Gasteiger partial charge in [0.05, 0.1) is 13.4 Å². The number of carbonyl (C=O) groups excluding carboxylic acids is 1. The molecule has 0 radical (unpaired) electrons. The van der Waals surface area contributed by atoms with E-state index in [0.29, 0.717) is 10.6 Å². The number of thiophene rings is 1. The molecule has 0 aliphatic rings. The van der Waals surface area contributed by atoms with Gasteiger partial charge in [0.2, 0.25) is 0 Å². The van der Waals surface area contributed by atoms with Gasteiger partial charge in [-0.15, -0.1) is 11.3 Å². The van der Waals surface area contributed by atoms with Gasteiger partial charge in [-0.2, -0.15) is 0 Å². The molecule has 0 aliphatic heterocycles. The summed E-state index contributed by atoms with van der Waals surface area (Å²) in [6.07, 6.45) is 0. The van der Waals surface area contributed by atoms with Crippen LogP contribution in [-0.4, -0.2) is 10.8 Å². The fraction of sp³-hybridized carbons (Fsp3) is 0. The van der Waals surface area contributed by atoms with Crippen molar-refractivity contribution in [1.29, 1.82) is 0 Å². The Hall–Kier alpha value is -1.19. The van der Waals surface area contributed by atoms with E-state index in [1.165, 1.54) is 29.5 Å². The molecule has 2 rings (SSSR count). The molecular formula is C11H6ClIN2O3S. The van der Waals surface area contributed by atoms with Crippen LogP contribution in [0, 0.1) is 13.0 Å². The Kier molecular flexibility index (Phi) is 4.38. The van der Waals surface area contributed by atoms with E-state index in [1.54, 1.807) is 11.4 Å². The summed E-state index contributed by atoms with van der Waals surface area (Å²) in [6.45, 7) is 0. The first-order valence-corrected chi connectivity index (χ1v) is 7.30. The number of nitro groups is 1. The highest BCUT2D eigenvalue weighted by Gasteiger charge is 2.17. The minimum atomic E-state index is -0.566. The molecule has 19 heavy (non-hydrogen) atoms. The lowest BCUT2D eigenvalue weighted by molar-refractivity contribution is -0.383. The van der Waals surface area contributed by atoms with E-state index >= 15 is 0 Å². The number of anilines is 1. The summed E-state index contributed by atoms with van der Waals surface area (Å²) in [6, 6.07) is 5.73. The Balaban J connectivity index is 2.30. The van der Waals surface area contributed by atoms with Crippen molar-refractivity contribution in [3.8, 4) is 0 Å². The van der Waals surface area contributed by atoms with Crippen molar-refractivity contribution >= 4 is 62.8 Å². The fourth-order valence-electron chi connectivity index (χ4n) is 1.39. The SMILES string of the molecule is O=C(Nc1cc(Cl)ccc1[N+](=O)[O-])c1csc(I)c1. The van der Waals surface area contributed by atoms with E-state index < -0.39 is 10.8 Å². The number of hydrogen-bond acceptors (Lipinski definition) is 4. The molecule has 1 aromatic carbocycles. The Bertz CT molecular complexity index is 659. The van der Waals surface area contributed by atoms with Crippen LogP contribution in [0.4, 0.5) is 11.4 Å². The van der Waals surface area contributed by atoms with E-state index in [1.807, 2.05) is 0 Å². The molecule has 1 amide bonds. The van der Waals surface area contributed by atoms with Crippen molar-refractivity contribution in [1.82, 2.24) is 0 Å². The second-order valence-electron chi connectivity index (χ2n) is 3.51. The second kappa shape index (κ2) is 5.85. The van der Waals surface area contributed by atoms with Gasteiger partial charge in [-0.05, 0) is 40.8 Å². The maximum absolute atomic E-state index is 11.9. The summed E-state index contributed by atoms with van der Waals surface area (Å²) in [4.78, 5) is 22.2. The van der Waals surface area contributed by atoms with E-state index in [0.717, 1.165) is 2.88 Å². The van der Waals surface area contributed by atoms with Gasteiger partial charge >= 0.3 is 0 Å². The summed E-state index contributed by atoms with van der Waals surface area (Å²) in [5.74, 6) is -0.399. The molecule has 8 heteroatoms. The standard InChI is InChI=1S/C11H6ClIN2O3S/c12-7-1-2-9(15(17)18)8(4-7)14-11(16)6-3-10(13)19-5-6/h1-5H,(H,14,16). The Morgan fingerprint density at radius 3 is 2.74 bits per heavy atom. The molecule has 0 aliphatic carbocycles. The zero-order valence-electron chi connectivity index (χ0n) is 9.22. The van der Waals surface area contributed by atoms with Crippen LogP contribution in [0.2, 0.25) is 5.02 Å². The smallest absolute Gasteiger partial charge is 0.292 e. The molecule has 2 aromatic rings. The lowest BCUT2D eigenvalue weighted by atomic mass is 10.2. The lowest BCUT2D eigenvalue weighted by Gasteiger charge is -2.05. The number of benzene rings is 1. The van der Waals surface area contributed by atoms with Crippen molar-refractivity contribution in [2.75, 3.05) is 5.32 Å². The molecule has 1 heterocycles. The molecule has 5 nitrogen and oxygen atoms in total. The quantitative estimate of drug-likeness (QED) is 0.471. The third-order valence-corrected chi connectivity index (χ3v) is 4.26. The summed E-state index contributed by atoms with van der Waals surface area (Å²) in [5.41, 5.74) is 0.357. The molecule has 0 spiro atoms. The number of halogens is 2. The number of rotatable bonds is 3. The van der Waals surface area contributed by atoms with Gasteiger partial charge in [0, 0.05) is 16.5 Å². The molecular weight excluding hydrogens is 403 g/mol. The van der Waals surface area contributed by atoms with Gasteiger partial charge < -0.3 is 5.32 Å². The van der Waals surface area contributed by atoms with Crippen molar-refractivity contribution in [3.63, 3.8) is 0 Å². The minimum absolute atomic E-state index is 0.0868. The number of hydrogen-bond donors (Lipinski definition) is 1.